The molecule has 2 N–H and O–H groups in total. The van der Waals surface area contributed by atoms with Gasteiger partial charge in [0.25, 0.3) is 0 Å². The molecule has 0 bridgehead atoms. The second-order valence-electron chi connectivity index (χ2n) is 4.63. The molecular weight excluding hydrogens is 282 g/mol. The number of hydrogen-bond donors (Lipinski definition) is 1. The van der Waals surface area contributed by atoms with Gasteiger partial charge < -0.3 is 15.2 Å². The Bertz CT molecular complexity index is 586. The lowest BCUT2D eigenvalue weighted by Gasteiger charge is -2.15. The first kappa shape index (κ1) is 15.5. The van der Waals surface area contributed by atoms with Gasteiger partial charge in [-0.3, -0.25) is 0 Å². The van der Waals surface area contributed by atoms with Gasteiger partial charge in [0, 0.05) is 0 Å². The highest BCUT2D eigenvalue weighted by Crippen LogP contribution is 2.18. The molecule has 0 heterocycles. The SMILES string of the molecule is CC(OCCOc1ccccc1C(N)=S)c1ccccc1. The lowest BCUT2D eigenvalue weighted by atomic mass is 10.1. The number of benzene rings is 2. The van der Waals surface area contributed by atoms with Crippen LogP contribution in [0.25, 0.3) is 0 Å². The van der Waals surface area contributed by atoms with Gasteiger partial charge in [-0.05, 0) is 24.6 Å². The predicted molar refractivity (Wildman–Crippen MR) is 88.6 cm³/mol. The molecule has 0 saturated carbocycles. The Morgan fingerprint density at radius 1 is 1.05 bits per heavy atom. The zero-order valence-corrected chi connectivity index (χ0v) is 12.8. The van der Waals surface area contributed by atoms with Crippen LogP contribution in [0.15, 0.2) is 54.6 Å². The summed E-state index contributed by atoms with van der Waals surface area (Å²) in [4.78, 5) is 0.337. The maximum absolute atomic E-state index is 5.76. The van der Waals surface area contributed by atoms with Crippen LogP contribution >= 0.6 is 12.2 Å². The van der Waals surface area contributed by atoms with Crippen LogP contribution in [0.5, 0.6) is 5.75 Å². The second-order valence-corrected chi connectivity index (χ2v) is 5.07. The van der Waals surface area contributed by atoms with Gasteiger partial charge >= 0.3 is 0 Å². The fourth-order valence-electron chi connectivity index (χ4n) is 1.99. The van der Waals surface area contributed by atoms with Crippen molar-refractivity contribution in [3.05, 3.63) is 65.7 Å². The van der Waals surface area contributed by atoms with Crippen LogP contribution in [-0.4, -0.2) is 18.2 Å². The highest BCUT2D eigenvalue weighted by molar-refractivity contribution is 7.80. The van der Waals surface area contributed by atoms with Crippen molar-refractivity contribution in [2.24, 2.45) is 5.73 Å². The normalized spacial score (nSPS) is 11.9. The lowest BCUT2D eigenvalue weighted by Crippen LogP contribution is -2.14. The van der Waals surface area contributed by atoms with Crippen LogP contribution in [0, 0.1) is 0 Å². The number of hydrogen-bond acceptors (Lipinski definition) is 3. The topological polar surface area (TPSA) is 44.5 Å². The van der Waals surface area contributed by atoms with E-state index in [4.69, 9.17) is 27.4 Å². The average Bonchev–Trinajstić information content (AvgIpc) is 2.52. The summed E-state index contributed by atoms with van der Waals surface area (Å²) in [6.45, 7) is 2.98. The van der Waals surface area contributed by atoms with Gasteiger partial charge in [0.05, 0.1) is 18.3 Å². The van der Waals surface area contributed by atoms with E-state index >= 15 is 0 Å². The molecule has 4 heteroatoms. The summed E-state index contributed by atoms with van der Waals surface area (Å²) in [7, 11) is 0. The van der Waals surface area contributed by atoms with Gasteiger partial charge in [0.1, 0.15) is 17.3 Å². The second kappa shape index (κ2) is 7.76. The molecular formula is C17H19NO2S. The molecule has 0 spiro atoms. The molecule has 0 fully saturated rings. The van der Waals surface area contributed by atoms with E-state index in [1.807, 2.05) is 61.5 Å². The number of ether oxygens (including phenoxy) is 2. The van der Waals surface area contributed by atoms with Gasteiger partial charge in [-0.1, -0.05) is 54.7 Å². The Balaban J connectivity index is 1.81. The third kappa shape index (κ3) is 4.55. The molecule has 0 aliphatic heterocycles. The Hall–Kier alpha value is -1.91. The van der Waals surface area contributed by atoms with Crippen molar-refractivity contribution in [2.45, 2.75) is 13.0 Å². The van der Waals surface area contributed by atoms with Crippen molar-refractivity contribution in [3.63, 3.8) is 0 Å². The summed E-state index contributed by atoms with van der Waals surface area (Å²) in [6, 6.07) is 17.6. The summed E-state index contributed by atoms with van der Waals surface area (Å²) < 4.78 is 11.5. The van der Waals surface area contributed by atoms with Crippen molar-refractivity contribution in [2.75, 3.05) is 13.2 Å². The standard InChI is InChI=1S/C17H19NO2S/c1-13(14-7-3-2-4-8-14)19-11-12-20-16-10-6-5-9-15(16)17(18)21/h2-10,13H,11-12H2,1H3,(H2,18,21). The Kier molecular flexibility index (Phi) is 5.72. The lowest BCUT2D eigenvalue weighted by molar-refractivity contribution is 0.0439. The Morgan fingerprint density at radius 2 is 1.71 bits per heavy atom. The molecule has 1 unspecified atom stereocenters. The first-order valence-electron chi connectivity index (χ1n) is 6.86. The van der Waals surface area contributed by atoms with E-state index in [1.54, 1.807) is 0 Å². The Morgan fingerprint density at radius 3 is 2.43 bits per heavy atom. The minimum Gasteiger partial charge on any atom is -0.490 e. The van der Waals surface area contributed by atoms with E-state index in [-0.39, 0.29) is 6.10 Å². The van der Waals surface area contributed by atoms with Gasteiger partial charge in [-0.15, -0.1) is 0 Å². The Labute approximate surface area is 130 Å². The highest BCUT2D eigenvalue weighted by Gasteiger charge is 2.07. The molecule has 21 heavy (non-hydrogen) atoms. The van der Waals surface area contributed by atoms with Crippen molar-refractivity contribution < 1.29 is 9.47 Å². The van der Waals surface area contributed by atoms with Crippen LogP contribution in [0.4, 0.5) is 0 Å². The maximum Gasteiger partial charge on any atom is 0.129 e. The monoisotopic (exact) mass is 301 g/mol. The third-order valence-electron chi connectivity index (χ3n) is 3.13. The quantitative estimate of drug-likeness (QED) is 0.628. The van der Waals surface area contributed by atoms with E-state index in [0.29, 0.717) is 24.0 Å². The zero-order chi connectivity index (χ0) is 15.1. The fourth-order valence-corrected chi connectivity index (χ4v) is 2.16. The van der Waals surface area contributed by atoms with Crippen molar-refractivity contribution in [1.29, 1.82) is 0 Å². The zero-order valence-electron chi connectivity index (χ0n) is 12.0. The molecule has 1 atom stereocenters. The van der Waals surface area contributed by atoms with Gasteiger partial charge in [0.2, 0.25) is 0 Å². The van der Waals surface area contributed by atoms with Crippen LogP contribution < -0.4 is 10.5 Å². The maximum atomic E-state index is 5.76. The number of thiocarbonyl (C=S) groups is 1. The molecule has 2 aromatic carbocycles. The predicted octanol–water partition coefficient (Wildman–Crippen LogP) is 3.48. The van der Waals surface area contributed by atoms with Gasteiger partial charge in [-0.25, -0.2) is 0 Å². The largest absolute Gasteiger partial charge is 0.490 e. The molecule has 0 aliphatic carbocycles. The van der Waals surface area contributed by atoms with Crippen LogP contribution in [0.1, 0.15) is 24.2 Å². The molecule has 0 radical (unpaired) electrons. The number of nitrogens with two attached hydrogens (primary N) is 1. The smallest absolute Gasteiger partial charge is 0.129 e. The summed E-state index contributed by atoms with van der Waals surface area (Å²) in [5, 5.41) is 0. The van der Waals surface area contributed by atoms with E-state index < -0.39 is 0 Å². The molecule has 110 valence electrons. The van der Waals surface area contributed by atoms with Crippen LogP contribution in [0.2, 0.25) is 0 Å². The average molecular weight is 301 g/mol. The molecule has 0 aliphatic rings. The minimum atomic E-state index is 0.0422. The molecule has 0 saturated heterocycles. The van der Waals surface area contributed by atoms with E-state index in [0.717, 1.165) is 11.1 Å². The van der Waals surface area contributed by atoms with Crippen molar-refractivity contribution in [3.8, 4) is 5.75 Å². The molecule has 0 amide bonds. The molecule has 2 aromatic rings. The first-order chi connectivity index (χ1) is 10.2. The van der Waals surface area contributed by atoms with Gasteiger partial charge in [0.15, 0.2) is 0 Å². The summed E-state index contributed by atoms with van der Waals surface area (Å²) in [5.41, 5.74) is 7.57. The van der Waals surface area contributed by atoms with E-state index in [9.17, 15) is 0 Å². The minimum absolute atomic E-state index is 0.0422. The summed E-state index contributed by atoms with van der Waals surface area (Å²) in [5.74, 6) is 0.695. The van der Waals surface area contributed by atoms with Crippen molar-refractivity contribution in [1.82, 2.24) is 0 Å². The van der Waals surface area contributed by atoms with Gasteiger partial charge in [-0.2, -0.15) is 0 Å². The summed E-state index contributed by atoms with van der Waals surface area (Å²) >= 11 is 5.00. The highest BCUT2D eigenvalue weighted by atomic mass is 32.1. The van der Waals surface area contributed by atoms with Crippen LogP contribution in [-0.2, 0) is 4.74 Å². The number of para-hydroxylation sites is 1. The van der Waals surface area contributed by atoms with E-state index in [2.05, 4.69) is 0 Å². The molecule has 0 aromatic heterocycles. The molecule has 3 nitrogen and oxygen atoms in total. The molecule has 2 rings (SSSR count). The first-order valence-corrected chi connectivity index (χ1v) is 7.27. The van der Waals surface area contributed by atoms with Crippen molar-refractivity contribution >= 4 is 17.2 Å². The third-order valence-corrected chi connectivity index (χ3v) is 3.35. The summed E-state index contributed by atoms with van der Waals surface area (Å²) in [6.07, 6.45) is 0.0422. The van der Waals surface area contributed by atoms with E-state index in [1.165, 1.54) is 0 Å². The fraction of sp³-hybridized carbons (Fsp3) is 0.235. The van der Waals surface area contributed by atoms with Crippen LogP contribution in [0.3, 0.4) is 0 Å². The number of rotatable bonds is 7.